The normalized spacial score (nSPS) is 13.8. The molecule has 0 aliphatic carbocycles. The molecule has 1 aromatic rings. The number of hydrogen-bond donors (Lipinski definition) is 1. The number of aromatic nitrogens is 2. The Hall–Kier alpha value is -0.870. The molecule has 1 unspecified atom stereocenters. The molecule has 0 spiro atoms. The van der Waals surface area contributed by atoms with Crippen LogP contribution in [0.15, 0.2) is 6.07 Å². The zero-order valence-corrected chi connectivity index (χ0v) is 13.3. The summed E-state index contributed by atoms with van der Waals surface area (Å²) in [5.41, 5.74) is 2.24. The average molecular weight is 267 g/mol. The second-order valence-corrected chi connectivity index (χ2v) is 6.18. The Balaban J connectivity index is 2.60. The van der Waals surface area contributed by atoms with Gasteiger partial charge in [-0.25, -0.2) is 0 Å². The van der Waals surface area contributed by atoms with Crippen LogP contribution >= 0.6 is 0 Å². The maximum Gasteiger partial charge on any atom is 0.0630 e. The van der Waals surface area contributed by atoms with Crippen molar-refractivity contribution in [2.75, 3.05) is 13.2 Å². The molecule has 110 valence electrons. The largest absolute Gasteiger partial charge is 0.374 e. The molecule has 0 aliphatic heterocycles. The van der Waals surface area contributed by atoms with Gasteiger partial charge in [-0.2, -0.15) is 5.10 Å². The van der Waals surface area contributed by atoms with E-state index in [4.69, 9.17) is 4.74 Å². The van der Waals surface area contributed by atoms with Gasteiger partial charge in [0.25, 0.3) is 0 Å². The van der Waals surface area contributed by atoms with Crippen LogP contribution in [0.1, 0.15) is 45.5 Å². The Morgan fingerprint density at radius 1 is 1.42 bits per heavy atom. The number of nitrogens with one attached hydrogen (secondary N) is 1. The van der Waals surface area contributed by atoms with Crippen molar-refractivity contribution in [3.63, 3.8) is 0 Å². The SMILES string of the molecule is CCCNC(COC(C)(C)C)Cc1cc(C)nn1C. The Bertz CT molecular complexity index is 379. The van der Waals surface area contributed by atoms with Crippen LogP contribution in [0, 0.1) is 6.92 Å². The number of rotatable bonds is 7. The molecular formula is C15H29N3O. The first-order valence-corrected chi connectivity index (χ1v) is 7.18. The minimum Gasteiger partial charge on any atom is -0.374 e. The average Bonchev–Trinajstić information content (AvgIpc) is 2.60. The topological polar surface area (TPSA) is 39.1 Å². The lowest BCUT2D eigenvalue weighted by Gasteiger charge is -2.25. The van der Waals surface area contributed by atoms with E-state index in [0.29, 0.717) is 6.04 Å². The van der Waals surface area contributed by atoms with Crippen LogP contribution in [-0.4, -0.2) is 34.6 Å². The van der Waals surface area contributed by atoms with Gasteiger partial charge < -0.3 is 10.1 Å². The Kier molecular flexibility index (Phi) is 6.01. The molecule has 1 heterocycles. The van der Waals surface area contributed by atoms with Crippen LogP contribution in [0.2, 0.25) is 0 Å². The fourth-order valence-corrected chi connectivity index (χ4v) is 2.00. The van der Waals surface area contributed by atoms with Gasteiger partial charge in [0.2, 0.25) is 0 Å². The monoisotopic (exact) mass is 267 g/mol. The van der Waals surface area contributed by atoms with Gasteiger partial charge >= 0.3 is 0 Å². The highest BCUT2D eigenvalue weighted by atomic mass is 16.5. The van der Waals surface area contributed by atoms with E-state index in [1.54, 1.807) is 0 Å². The zero-order valence-electron chi connectivity index (χ0n) is 13.3. The van der Waals surface area contributed by atoms with E-state index in [1.165, 1.54) is 5.69 Å². The van der Waals surface area contributed by atoms with Crippen LogP contribution in [0.5, 0.6) is 0 Å². The maximum atomic E-state index is 5.92. The first-order valence-electron chi connectivity index (χ1n) is 7.18. The van der Waals surface area contributed by atoms with E-state index >= 15 is 0 Å². The molecule has 1 aromatic heterocycles. The van der Waals surface area contributed by atoms with Gasteiger partial charge in [0.15, 0.2) is 0 Å². The minimum absolute atomic E-state index is 0.0888. The predicted octanol–water partition coefficient (Wildman–Crippen LogP) is 2.45. The summed E-state index contributed by atoms with van der Waals surface area (Å²) < 4.78 is 7.88. The van der Waals surface area contributed by atoms with Crippen molar-refractivity contribution in [3.8, 4) is 0 Å². The lowest BCUT2D eigenvalue weighted by Crippen LogP contribution is -2.39. The van der Waals surface area contributed by atoms with Gasteiger partial charge in [0, 0.05) is 25.2 Å². The number of nitrogens with zero attached hydrogens (tertiary/aromatic N) is 2. The van der Waals surface area contributed by atoms with Crippen molar-refractivity contribution in [2.24, 2.45) is 7.05 Å². The summed E-state index contributed by atoms with van der Waals surface area (Å²) >= 11 is 0. The van der Waals surface area contributed by atoms with Crippen molar-refractivity contribution < 1.29 is 4.74 Å². The molecule has 0 fully saturated rings. The van der Waals surface area contributed by atoms with Crippen molar-refractivity contribution in [3.05, 3.63) is 17.5 Å². The van der Waals surface area contributed by atoms with Crippen LogP contribution in [0.4, 0.5) is 0 Å². The molecule has 0 amide bonds. The molecule has 1 N–H and O–H groups in total. The lowest BCUT2D eigenvalue weighted by atomic mass is 10.1. The molecule has 0 aliphatic rings. The Morgan fingerprint density at radius 2 is 2.11 bits per heavy atom. The quantitative estimate of drug-likeness (QED) is 0.825. The van der Waals surface area contributed by atoms with E-state index in [1.807, 2.05) is 18.7 Å². The summed E-state index contributed by atoms with van der Waals surface area (Å²) in [5, 5.41) is 7.96. The van der Waals surface area contributed by atoms with Gasteiger partial charge in [0.1, 0.15) is 0 Å². The van der Waals surface area contributed by atoms with Crippen LogP contribution in [0.25, 0.3) is 0 Å². The molecule has 4 heteroatoms. The molecule has 1 rings (SSSR count). The van der Waals surface area contributed by atoms with Crippen LogP contribution in [0.3, 0.4) is 0 Å². The zero-order chi connectivity index (χ0) is 14.5. The van der Waals surface area contributed by atoms with Crippen LogP contribution in [-0.2, 0) is 18.2 Å². The van der Waals surface area contributed by atoms with E-state index in [2.05, 4.69) is 44.2 Å². The molecule has 0 radical (unpaired) electrons. The van der Waals surface area contributed by atoms with Crippen molar-refractivity contribution >= 4 is 0 Å². The third kappa shape index (κ3) is 6.21. The van der Waals surface area contributed by atoms with Crippen molar-refractivity contribution in [2.45, 2.75) is 59.1 Å². The van der Waals surface area contributed by atoms with E-state index in [-0.39, 0.29) is 5.60 Å². The van der Waals surface area contributed by atoms with E-state index in [0.717, 1.165) is 31.7 Å². The Morgan fingerprint density at radius 3 is 2.58 bits per heavy atom. The van der Waals surface area contributed by atoms with Crippen molar-refractivity contribution in [1.29, 1.82) is 0 Å². The fraction of sp³-hybridized carbons (Fsp3) is 0.800. The highest BCUT2D eigenvalue weighted by Crippen LogP contribution is 2.10. The highest BCUT2D eigenvalue weighted by Gasteiger charge is 2.17. The van der Waals surface area contributed by atoms with Crippen LogP contribution < -0.4 is 5.32 Å². The molecule has 0 saturated heterocycles. The minimum atomic E-state index is -0.0888. The fourth-order valence-electron chi connectivity index (χ4n) is 2.00. The first kappa shape index (κ1) is 16.2. The summed E-state index contributed by atoms with van der Waals surface area (Å²) in [6, 6.07) is 2.49. The van der Waals surface area contributed by atoms with E-state index in [9.17, 15) is 0 Å². The van der Waals surface area contributed by atoms with Gasteiger partial charge in [-0.3, -0.25) is 4.68 Å². The second kappa shape index (κ2) is 7.06. The van der Waals surface area contributed by atoms with Gasteiger partial charge in [-0.1, -0.05) is 6.92 Å². The highest BCUT2D eigenvalue weighted by molar-refractivity contribution is 5.10. The smallest absolute Gasteiger partial charge is 0.0630 e. The molecule has 0 saturated carbocycles. The molecule has 1 atom stereocenters. The molecule has 19 heavy (non-hydrogen) atoms. The number of aryl methyl sites for hydroxylation is 2. The Labute approximate surface area is 117 Å². The van der Waals surface area contributed by atoms with Gasteiger partial charge in [0.05, 0.1) is 17.9 Å². The lowest BCUT2D eigenvalue weighted by molar-refractivity contribution is -0.0145. The summed E-state index contributed by atoms with van der Waals surface area (Å²) in [6.07, 6.45) is 2.09. The molecular weight excluding hydrogens is 238 g/mol. The maximum absolute atomic E-state index is 5.92. The summed E-state index contributed by atoms with van der Waals surface area (Å²) in [4.78, 5) is 0. The van der Waals surface area contributed by atoms with Gasteiger partial charge in [-0.05, 0) is 46.7 Å². The third-order valence-electron chi connectivity index (χ3n) is 2.95. The van der Waals surface area contributed by atoms with Gasteiger partial charge in [-0.15, -0.1) is 0 Å². The van der Waals surface area contributed by atoms with Crippen molar-refractivity contribution in [1.82, 2.24) is 15.1 Å². The molecule has 0 aromatic carbocycles. The number of ether oxygens (including phenoxy) is 1. The standard InChI is InChI=1S/C15H29N3O/c1-7-8-16-13(11-19-15(3,4)5)10-14-9-12(2)17-18(14)6/h9,13,16H,7-8,10-11H2,1-6H3. The van der Waals surface area contributed by atoms with E-state index < -0.39 is 0 Å². The molecule has 4 nitrogen and oxygen atoms in total. The summed E-state index contributed by atoms with van der Waals surface area (Å²) in [5.74, 6) is 0. The summed E-state index contributed by atoms with van der Waals surface area (Å²) in [6.45, 7) is 12.3. The number of hydrogen-bond acceptors (Lipinski definition) is 3. The molecule has 0 bridgehead atoms. The first-order chi connectivity index (χ1) is 8.81. The second-order valence-electron chi connectivity index (χ2n) is 6.18. The third-order valence-corrected chi connectivity index (χ3v) is 2.95. The predicted molar refractivity (Wildman–Crippen MR) is 79.4 cm³/mol. The summed E-state index contributed by atoms with van der Waals surface area (Å²) in [7, 11) is 2.00.